The van der Waals surface area contributed by atoms with Gasteiger partial charge in [0.2, 0.25) is 5.91 Å². The minimum Gasteiger partial charge on any atom is -0.504 e. The molecule has 6 atom stereocenters. The van der Waals surface area contributed by atoms with Crippen LogP contribution in [0.4, 0.5) is 0 Å². The van der Waals surface area contributed by atoms with E-state index in [0.717, 1.165) is 86.7 Å². The summed E-state index contributed by atoms with van der Waals surface area (Å²) in [5.41, 5.74) is 17.4. The van der Waals surface area contributed by atoms with Gasteiger partial charge in [0.1, 0.15) is 12.2 Å². The van der Waals surface area contributed by atoms with Crippen molar-refractivity contribution in [3.63, 3.8) is 0 Å². The monoisotopic (exact) mass is 902 g/mol. The summed E-state index contributed by atoms with van der Waals surface area (Å²) in [6.07, 6.45) is 17.0. The number of nitrogens with one attached hydrogen (secondary N) is 2. The molecule has 1 saturated carbocycles. The Morgan fingerprint density at radius 3 is 2.70 bits per heavy atom. The number of aliphatic hydroxyl groups excluding tert-OH is 1. The number of nitrogens with zero attached hydrogens (tertiary/aromatic N) is 2. The van der Waals surface area contributed by atoms with Crippen molar-refractivity contribution >= 4 is 39.4 Å². The number of amides is 1. The first-order valence-corrected chi connectivity index (χ1v) is 25.9. The quantitative estimate of drug-likeness (QED) is 0.125. The Kier molecular flexibility index (Phi) is 17.0. The average Bonchev–Trinajstić information content (AvgIpc) is 3.77. The maximum atomic E-state index is 14.1. The lowest BCUT2D eigenvalue weighted by atomic mass is 9.77. The van der Waals surface area contributed by atoms with Crippen molar-refractivity contribution in [3.8, 4) is 11.5 Å². The van der Waals surface area contributed by atoms with Crippen LogP contribution in [0.15, 0.2) is 64.9 Å². The van der Waals surface area contributed by atoms with Crippen molar-refractivity contribution in [2.24, 2.45) is 33.7 Å². The zero-order valence-corrected chi connectivity index (χ0v) is 38.8. The Labute approximate surface area is 382 Å². The summed E-state index contributed by atoms with van der Waals surface area (Å²) in [7, 11) is 3.54. The van der Waals surface area contributed by atoms with Crippen LogP contribution in [0, 0.1) is 17.3 Å². The molecule has 2 fully saturated rings. The minimum atomic E-state index is -0.596. The highest BCUT2D eigenvalue weighted by Gasteiger charge is 2.44. The molecule has 0 spiro atoms. The van der Waals surface area contributed by atoms with Crippen LogP contribution >= 0.6 is 21.6 Å². The molecule has 0 radical (unpaired) electrons. The van der Waals surface area contributed by atoms with E-state index in [-0.39, 0.29) is 30.3 Å². The van der Waals surface area contributed by atoms with Gasteiger partial charge in [0.15, 0.2) is 17.5 Å². The third-order valence-electron chi connectivity index (χ3n) is 13.8. The second kappa shape index (κ2) is 22.7. The van der Waals surface area contributed by atoms with E-state index >= 15 is 0 Å². The molecule has 0 aromatic heterocycles. The van der Waals surface area contributed by atoms with Crippen LogP contribution in [0.3, 0.4) is 0 Å². The molecule has 63 heavy (non-hydrogen) atoms. The van der Waals surface area contributed by atoms with Gasteiger partial charge in [-0.2, -0.15) is 0 Å². The molecular formula is C49H70N6O6S2. The van der Waals surface area contributed by atoms with Crippen molar-refractivity contribution < 1.29 is 29.3 Å². The summed E-state index contributed by atoms with van der Waals surface area (Å²) in [6, 6.07) is 12.7. The van der Waals surface area contributed by atoms with Gasteiger partial charge < -0.3 is 46.7 Å². The number of hydrogen-bond donors (Lipinski definition) is 6. The summed E-state index contributed by atoms with van der Waals surface area (Å²) in [6.45, 7) is 3.38. The Morgan fingerprint density at radius 2 is 1.87 bits per heavy atom. The van der Waals surface area contributed by atoms with Crippen molar-refractivity contribution in [1.29, 1.82) is 0 Å². The lowest BCUT2D eigenvalue weighted by Crippen LogP contribution is -2.37. The summed E-state index contributed by atoms with van der Waals surface area (Å²) >= 11 is 0. The van der Waals surface area contributed by atoms with Gasteiger partial charge in [0.25, 0.3) is 0 Å². The van der Waals surface area contributed by atoms with Crippen molar-refractivity contribution in [2.45, 2.75) is 141 Å². The van der Waals surface area contributed by atoms with Crippen LogP contribution in [-0.4, -0.2) is 82.5 Å². The number of aliphatic hydroxyl groups is 1. The number of carbonyl (C=O) groups is 2. The number of phenols is 1. The van der Waals surface area contributed by atoms with E-state index < -0.39 is 17.6 Å². The highest BCUT2D eigenvalue weighted by atomic mass is 33.1. The van der Waals surface area contributed by atoms with Crippen LogP contribution in [-0.2, 0) is 40.1 Å². The number of carbonyl (C=O) groups excluding carboxylic acids is 2. The number of aliphatic imine (C=N–C) groups is 1. The van der Waals surface area contributed by atoms with Crippen LogP contribution in [0.25, 0.3) is 0 Å². The van der Waals surface area contributed by atoms with E-state index in [9.17, 15) is 19.8 Å². The molecule has 1 amide bonds. The summed E-state index contributed by atoms with van der Waals surface area (Å²) in [4.78, 5) is 33.1. The van der Waals surface area contributed by atoms with Crippen molar-refractivity contribution in [2.75, 3.05) is 31.3 Å². The zero-order valence-electron chi connectivity index (χ0n) is 37.2. The van der Waals surface area contributed by atoms with E-state index in [1.807, 2.05) is 21.8 Å². The minimum absolute atomic E-state index is 0.0348. The number of esters is 1. The van der Waals surface area contributed by atoms with Crippen LogP contribution in [0.5, 0.6) is 11.5 Å². The lowest BCUT2D eigenvalue weighted by molar-refractivity contribution is -0.148. The first-order valence-electron chi connectivity index (χ1n) is 23.4. The maximum absolute atomic E-state index is 14.1. The molecule has 344 valence electrons. The van der Waals surface area contributed by atoms with E-state index in [0.29, 0.717) is 105 Å². The number of phenolic OH excluding ortho intramolecular Hbond substituents is 1. The number of aromatic hydroxyl groups is 1. The Balaban J connectivity index is 1.14. The van der Waals surface area contributed by atoms with Crippen molar-refractivity contribution in [1.82, 2.24) is 15.5 Å². The largest absolute Gasteiger partial charge is 0.504 e. The zero-order chi connectivity index (χ0) is 44.2. The molecule has 2 aromatic rings. The normalized spacial score (nSPS) is 28.1. The molecule has 4 heterocycles. The van der Waals surface area contributed by atoms with E-state index in [4.69, 9.17) is 20.9 Å². The Morgan fingerprint density at radius 1 is 1.03 bits per heavy atom. The molecule has 14 heteroatoms. The molecule has 4 bridgehead atoms. The molecule has 8 N–H and O–H groups in total. The van der Waals surface area contributed by atoms with Crippen LogP contribution < -0.4 is 26.8 Å². The number of rotatable bonds is 6. The van der Waals surface area contributed by atoms with Gasteiger partial charge in [0.05, 0.1) is 17.8 Å². The molecule has 1 aliphatic carbocycles. The van der Waals surface area contributed by atoms with Gasteiger partial charge >= 0.3 is 5.97 Å². The standard InChI is InChI=1S/C49H70N6O6S2/c1-33(56)60-41-18-16-38-25-39(46(59)47-42(38)19-17-37-11-7-13-43(37)61-47)29-55-31-49(28-45(55)58,27-36-20-22-52-44(50)24-36)21-23-53-48(51)54-32-63-62-30-35(10-5-6-12-40(57)26-41)15-14-34-8-3-2-4-9-34/h2-4,8-9,20,24-25,35,37,40-41,43,52,57,59H,5-7,10-19,21-23,26-32,50H2,1H3,(H3,51,53,54). The first kappa shape index (κ1) is 47.0. The van der Waals surface area contributed by atoms with Gasteiger partial charge in [0, 0.05) is 68.2 Å². The molecule has 1 saturated heterocycles. The third kappa shape index (κ3) is 13.5. The predicted molar refractivity (Wildman–Crippen MR) is 254 cm³/mol. The van der Waals surface area contributed by atoms with Crippen LogP contribution in [0.1, 0.15) is 119 Å². The number of benzene rings is 2. The lowest BCUT2D eigenvalue weighted by Gasteiger charge is -2.31. The number of dihydropyridines is 1. The fourth-order valence-electron chi connectivity index (χ4n) is 10.5. The molecular weight excluding hydrogens is 833 g/mol. The summed E-state index contributed by atoms with van der Waals surface area (Å²) in [5, 5.41) is 29.9. The Bertz CT molecular complexity index is 1960. The second-order valence-corrected chi connectivity index (χ2v) is 21.2. The second-order valence-electron chi connectivity index (χ2n) is 18.7. The van der Waals surface area contributed by atoms with Gasteiger partial charge in [-0.3, -0.25) is 9.59 Å². The average molecular weight is 903 g/mol. The van der Waals surface area contributed by atoms with E-state index in [2.05, 4.69) is 58.1 Å². The Hall–Kier alpha value is -4.01. The molecule has 4 aliphatic heterocycles. The number of allylic oxidation sites excluding steroid dienone is 2. The molecule has 2 aromatic carbocycles. The number of fused-ring (bicyclic) bond motifs is 7. The number of hydrogen-bond acceptors (Lipinski definition) is 13. The number of aryl methyl sites for hydroxylation is 2. The topological polar surface area (TPSA) is 185 Å². The van der Waals surface area contributed by atoms with Crippen molar-refractivity contribution in [3.05, 3.63) is 82.2 Å². The molecule has 12 nitrogen and oxygen atoms in total. The van der Waals surface area contributed by atoms with Gasteiger partial charge in [-0.1, -0.05) is 70.8 Å². The summed E-state index contributed by atoms with van der Waals surface area (Å²) in [5.74, 6) is 3.85. The number of nitrogens with two attached hydrogens (primary N) is 2. The number of ether oxygens (including phenoxy) is 2. The van der Waals surface area contributed by atoms with Crippen LogP contribution in [0.2, 0.25) is 0 Å². The third-order valence-corrected chi connectivity index (χ3v) is 16.1. The maximum Gasteiger partial charge on any atom is 0.302 e. The van der Waals surface area contributed by atoms with Gasteiger partial charge in [-0.15, -0.1) is 0 Å². The van der Waals surface area contributed by atoms with Gasteiger partial charge in [-0.25, -0.2) is 4.99 Å². The van der Waals surface area contributed by atoms with E-state index in [1.165, 1.54) is 12.5 Å². The van der Waals surface area contributed by atoms with E-state index in [1.54, 1.807) is 10.8 Å². The number of guanidine groups is 1. The highest BCUT2D eigenvalue weighted by molar-refractivity contribution is 8.76. The summed E-state index contributed by atoms with van der Waals surface area (Å²) < 4.78 is 12.6. The highest BCUT2D eigenvalue weighted by Crippen LogP contribution is 2.47. The fraction of sp³-hybridized carbons (Fsp3) is 0.612. The molecule has 5 aliphatic rings. The van der Waals surface area contributed by atoms with Gasteiger partial charge in [-0.05, 0) is 124 Å². The first-order chi connectivity index (χ1) is 30.5. The smallest absolute Gasteiger partial charge is 0.302 e. The fourth-order valence-corrected chi connectivity index (χ4v) is 12.6. The SMILES string of the molecule is CC(=O)OC1CCc2cc(c(O)c3c2CCC2CCCC2O3)CN2CC(CC3=CCNC(N)=C3)(CCNC(N)=NCSSCC(CCc3ccccc3)CCCCC(O)C1)CC2=O. The molecule has 7 rings (SSSR count). The molecule has 6 unspecified atom stereocenters. The predicted octanol–water partition coefficient (Wildman–Crippen LogP) is 7.40.